The number of para-hydroxylation sites is 1. The SMILES string of the molecule is COC(=O)c1c(NC(=O)C(Sc2cccc(NC(=O)c3ccccc3C)c2)c2ccccc2)sc(C(=O)Nc2ccccc2)c1C. The zero-order valence-corrected chi connectivity index (χ0v) is 27.0. The predicted molar refractivity (Wildman–Crippen MR) is 184 cm³/mol. The van der Waals surface area contributed by atoms with Crippen molar-refractivity contribution in [2.24, 2.45) is 0 Å². The summed E-state index contributed by atoms with van der Waals surface area (Å²) in [6.45, 7) is 3.53. The second-order valence-corrected chi connectivity index (χ2v) is 12.5. The Labute approximate surface area is 275 Å². The van der Waals surface area contributed by atoms with E-state index in [-0.39, 0.29) is 21.3 Å². The van der Waals surface area contributed by atoms with Crippen LogP contribution in [0.5, 0.6) is 0 Å². The van der Waals surface area contributed by atoms with E-state index >= 15 is 0 Å². The summed E-state index contributed by atoms with van der Waals surface area (Å²) in [5.74, 6) is -1.69. The standard InChI is InChI=1S/C36H31N3O5S2/c1-22-13-10-11-20-28(22)32(40)38-26-18-12-19-27(21-26)45-31(24-14-6-4-7-15-24)34(42)39-35-29(36(43)44-3)23(2)30(46-35)33(41)37-25-16-8-5-9-17-25/h4-21,31H,1-3H3,(H,37,41)(H,38,40)(H,39,42). The Morgan fingerprint density at radius 2 is 1.35 bits per heavy atom. The van der Waals surface area contributed by atoms with Gasteiger partial charge >= 0.3 is 5.97 Å². The first-order chi connectivity index (χ1) is 22.2. The van der Waals surface area contributed by atoms with E-state index < -0.39 is 23.0 Å². The van der Waals surface area contributed by atoms with Crippen LogP contribution in [0.4, 0.5) is 16.4 Å². The lowest BCUT2D eigenvalue weighted by molar-refractivity contribution is -0.115. The third kappa shape index (κ3) is 7.53. The van der Waals surface area contributed by atoms with Crippen LogP contribution in [-0.2, 0) is 9.53 Å². The Hall–Kier alpha value is -5.19. The van der Waals surface area contributed by atoms with Crippen LogP contribution in [0.3, 0.4) is 0 Å². The monoisotopic (exact) mass is 649 g/mol. The van der Waals surface area contributed by atoms with E-state index in [0.29, 0.717) is 22.5 Å². The average molecular weight is 650 g/mol. The number of amides is 3. The Morgan fingerprint density at radius 1 is 0.717 bits per heavy atom. The van der Waals surface area contributed by atoms with E-state index in [1.807, 2.05) is 79.7 Å². The molecule has 0 spiro atoms. The Bertz CT molecular complexity index is 1890. The van der Waals surface area contributed by atoms with Gasteiger partial charge in [-0.3, -0.25) is 14.4 Å². The Balaban J connectivity index is 1.42. The molecular formula is C36H31N3O5S2. The number of hydrogen-bond donors (Lipinski definition) is 3. The van der Waals surface area contributed by atoms with E-state index in [1.165, 1.54) is 18.9 Å². The number of benzene rings is 4. The smallest absolute Gasteiger partial charge is 0.341 e. The Kier molecular flexibility index (Phi) is 10.3. The first-order valence-corrected chi connectivity index (χ1v) is 16.0. The van der Waals surface area contributed by atoms with Gasteiger partial charge in [0.2, 0.25) is 5.91 Å². The summed E-state index contributed by atoms with van der Waals surface area (Å²) in [6.07, 6.45) is 0. The van der Waals surface area contributed by atoms with Crippen molar-refractivity contribution in [2.75, 3.05) is 23.1 Å². The minimum absolute atomic E-state index is 0.122. The number of aryl methyl sites for hydroxylation is 1. The maximum Gasteiger partial charge on any atom is 0.341 e. The highest BCUT2D eigenvalue weighted by Crippen LogP contribution is 2.40. The number of carbonyl (C=O) groups excluding carboxylic acids is 4. The van der Waals surface area contributed by atoms with Crippen molar-refractivity contribution in [3.8, 4) is 0 Å². The van der Waals surface area contributed by atoms with Crippen molar-refractivity contribution in [2.45, 2.75) is 24.0 Å². The van der Waals surface area contributed by atoms with Crippen LogP contribution >= 0.6 is 23.1 Å². The number of esters is 1. The molecule has 0 radical (unpaired) electrons. The summed E-state index contributed by atoms with van der Waals surface area (Å²) >= 11 is 2.31. The Morgan fingerprint density at radius 3 is 2.04 bits per heavy atom. The molecule has 4 aromatic carbocycles. The van der Waals surface area contributed by atoms with Crippen LogP contribution in [0.25, 0.3) is 0 Å². The quantitative estimate of drug-likeness (QED) is 0.104. The fraction of sp³-hybridized carbons (Fsp3) is 0.111. The summed E-state index contributed by atoms with van der Waals surface area (Å²) in [7, 11) is 1.25. The molecule has 5 rings (SSSR count). The summed E-state index contributed by atoms with van der Waals surface area (Å²) in [5, 5.41) is 8.17. The molecule has 232 valence electrons. The van der Waals surface area contributed by atoms with E-state index in [0.717, 1.165) is 27.4 Å². The number of anilines is 3. The number of nitrogens with one attached hydrogen (secondary N) is 3. The van der Waals surface area contributed by atoms with Gasteiger partial charge in [-0.15, -0.1) is 23.1 Å². The number of thioether (sulfide) groups is 1. The molecule has 10 heteroatoms. The second kappa shape index (κ2) is 14.7. The number of hydrogen-bond acceptors (Lipinski definition) is 7. The van der Waals surface area contributed by atoms with Gasteiger partial charge < -0.3 is 20.7 Å². The molecule has 0 aliphatic rings. The lowest BCUT2D eigenvalue weighted by atomic mass is 10.1. The fourth-order valence-corrected chi connectivity index (χ4v) is 6.94. The van der Waals surface area contributed by atoms with Gasteiger partial charge in [-0.25, -0.2) is 4.79 Å². The van der Waals surface area contributed by atoms with Gasteiger partial charge in [-0.2, -0.15) is 0 Å². The van der Waals surface area contributed by atoms with Crippen LogP contribution < -0.4 is 16.0 Å². The van der Waals surface area contributed by atoms with Gasteiger partial charge in [0.05, 0.1) is 17.6 Å². The zero-order valence-electron chi connectivity index (χ0n) is 25.3. The molecule has 0 fully saturated rings. The minimum Gasteiger partial charge on any atom is -0.465 e. The topological polar surface area (TPSA) is 114 Å². The highest BCUT2D eigenvalue weighted by Gasteiger charge is 2.29. The van der Waals surface area contributed by atoms with Gasteiger partial charge in [0.25, 0.3) is 11.8 Å². The third-order valence-electron chi connectivity index (χ3n) is 7.09. The van der Waals surface area contributed by atoms with Crippen LogP contribution in [0.1, 0.15) is 52.3 Å². The summed E-state index contributed by atoms with van der Waals surface area (Å²) < 4.78 is 5.02. The first-order valence-electron chi connectivity index (χ1n) is 14.3. The third-order valence-corrected chi connectivity index (χ3v) is 9.54. The average Bonchev–Trinajstić information content (AvgIpc) is 3.39. The van der Waals surface area contributed by atoms with E-state index in [1.54, 1.807) is 43.3 Å². The summed E-state index contributed by atoms with van der Waals surface area (Å²) in [5.41, 5.74) is 3.88. The zero-order chi connectivity index (χ0) is 32.6. The molecule has 3 N–H and O–H groups in total. The van der Waals surface area contributed by atoms with Crippen molar-refractivity contribution in [3.63, 3.8) is 0 Å². The van der Waals surface area contributed by atoms with Crippen LogP contribution in [0, 0.1) is 13.8 Å². The molecule has 0 saturated carbocycles. The van der Waals surface area contributed by atoms with E-state index in [9.17, 15) is 19.2 Å². The molecule has 1 aromatic heterocycles. The van der Waals surface area contributed by atoms with Gasteiger partial charge in [-0.1, -0.05) is 72.8 Å². The maximum absolute atomic E-state index is 14.0. The highest BCUT2D eigenvalue weighted by molar-refractivity contribution is 8.00. The maximum atomic E-state index is 14.0. The highest BCUT2D eigenvalue weighted by atomic mass is 32.2. The van der Waals surface area contributed by atoms with Crippen molar-refractivity contribution in [1.29, 1.82) is 0 Å². The molecule has 3 amide bonds. The normalized spacial score (nSPS) is 11.3. The molecular weight excluding hydrogens is 619 g/mol. The van der Waals surface area contributed by atoms with Crippen molar-refractivity contribution in [3.05, 3.63) is 142 Å². The molecule has 0 saturated heterocycles. The number of rotatable bonds is 10. The fourth-order valence-electron chi connectivity index (χ4n) is 4.76. The molecule has 46 heavy (non-hydrogen) atoms. The van der Waals surface area contributed by atoms with Crippen LogP contribution in [0.2, 0.25) is 0 Å². The van der Waals surface area contributed by atoms with Crippen LogP contribution in [-0.4, -0.2) is 30.8 Å². The number of thiophene rings is 1. The number of ether oxygens (including phenoxy) is 1. The summed E-state index contributed by atoms with van der Waals surface area (Å²) in [6, 6.07) is 32.8. The van der Waals surface area contributed by atoms with Gasteiger partial charge in [-0.05, 0) is 66.9 Å². The van der Waals surface area contributed by atoms with Crippen molar-refractivity contribution >= 4 is 63.2 Å². The molecule has 0 bridgehead atoms. The number of methoxy groups -OCH3 is 1. The van der Waals surface area contributed by atoms with Gasteiger partial charge in [0, 0.05) is 21.8 Å². The molecule has 0 aliphatic heterocycles. The van der Waals surface area contributed by atoms with E-state index in [2.05, 4.69) is 16.0 Å². The molecule has 1 heterocycles. The van der Waals surface area contributed by atoms with E-state index in [4.69, 9.17) is 4.74 Å². The van der Waals surface area contributed by atoms with Crippen molar-refractivity contribution < 1.29 is 23.9 Å². The first kappa shape index (κ1) is 32.2. The molecule has 5 aromatic rings. The van der Waals surface area contributed by atoms with Crippen molar-refractivity contribution in [1.82, 2.24) is 0 Å². The second-order valence-electron chi connectivity index (χ2n) is 10.3. The van der Waals surface area contributed by atoms with Gasteiger partial charge in [0.1, 0.15) is 10.3 Å². The summed E-state index contributed by atoms with van der Waals surface area (Å²) in [4.78, 5) is 54.0. The van der Waals surface area contributed by atoms with Gasteiger partial charge in [0.15, 0.2) is 0 Å². The minimum atomic E-state index is -0.738. The molecule has 0 aliphatic carbocycles. The molecule has 1 atom stereocenters. The largest absolute Gasteiger partial charge is 0.465 e. The predicted octanol–water partition coefficient (Wildman–Crippen LogP) is 8.13. The lowest BCUT2D eigenvalue weighted by Crippen LogP contribution is -2.20. The molecule has 1 unspecified atom stereocenters. The number of carbonyl (C=O) groups is 4. The van der Waals surface area contributed by atoms with Crippen LogP contribution in [0.15, 0.2) is 114 Å². The molecule has 8 nitrogen and oxygen atoms in total. The lowest BCUT2D eigenvalue weighted by Gasteiger charge is -2.18.